The molecule has 4 rings (SSSR count). The van der Waals surface area contributed by atoms with Gasteiger partial charge in [-0.15, -0.1) is 0 Å². The van der Waals surface area contributed by atoms with Crippen molar-refractivity contribution in [2.75, 3.05) is 18.4 Å². The van der Waals surface area contributed by atoms with Crippen molar-refractivity contribution < 1.29 is 9.59 Å². The molecule has 0 aliphatic carbocycles. The van der Waals surface area contributed by atoms with Gasteiger partial charge in [-0.1, -0.05) is 25.0 Å². The highest BCUT2D eigenvalue weighted by Crippen LogP contribution is 2.19. The first kappa shape index (κ1) is 19.2. The molecule has 1 aliphatic heterocycles. The number of hydrogen-bond donors (Lipinski definition) is 2. The van der Waals surface area contributed by atoms with Crippen LogP contribution in [0, 0.1) is 0 Å². The first-order chi connectivity index (χ1) is 14.1. The van der Waals surface area contributed by atoms with E-state index in [-0.39, 0.29) is 11.8 Å². The molecule has 1 aliphatic rings. The summed E-state index contributed by atoms with van der Waals surface area (Å²) in [6, 6.07) is 13.4. The molecule has 6 nitrogen and oxygen atoms in total. The van der Waals surface area contributed by atoms with E-state index in [4.69, 9.17) is 0 Å². The summed E-state index contributed by atoms with van der Waals surface area (Å²) in [4.78, 5) is 34.0. The molecule has 2 amide bonds. The highest BCUT2D eigenvalue weighted by atomic mass is 16.2. The number of carbonyl (C=O) groups excluding carboxylic acids is 2. The SMILES string of the molecule is CC(=O)Nc1ccc(Cc2nc3ccc(C(=O)N4CCCCCC4)cc3[nH]2)cc1. The van der Waals surface area contributed by atoms with Crippen molar-refractivity contribution in [3.8, 4) is 0 Å². The van der Waals surface area contributed by atoms with E-state index in [0.717, 1.165) is 54.0 Å². The number of aromatic nitrogens is 2. The van der Waals surface area contributed by atoms with Gasteiger partial charge in [0, 0.05) is 37.7 Å². The molecule has 6 heteroatoms. The average Bonchev–Trinajstić information content (AvgIpc) is 2.91. The number of fused-ring (bicyclic) bond motifs is 1. The molecule has 29 heavy (non-hydrogen) atoms. The second-order valence-electron chi connectivity index (χ2n) is 7.68. The number of nitrogens with zero attached hydrogens (tertiary/aromatic N) is 2. The lowest BCUT2D eigenvalue weighted by molar-refractivity contribution is -0.114. The van der Waals surface area contributed by atoms with Gasteiger partial charge >= 0.3 is 0 Å². The summed E-state index contributed by atoms with van der Waals surface area (Å²) in [6.45, 7) is 3.19. The van der Waals surface area contributed by atoms with E-state index in [0.29, 0.717) is 12.0 Å². The van der Waals surface area contributed by atoms with Crippen LogP contribution in [0.25, 0.3) is 11.0 Å². The predicted octanol–water partition coefficient (Wildman–Crippen LogP) is 4.13. The van der Waals surface area contributed by atoms with Crippen molar-refractivity contribution in [1.82, 2.24) is 14.9 Å². The normalized spacial score (nSPS) is 14.6. The van der Waals surface area contributed by atoms with E-state index in [1.807, 2.05) is 47.4 Å². The molecule has 0 unspecified atom stereocenters. The van der Waals surface area contributed by atoms with E-state index < -0.39 is 0 Å². The third kappa shape index (κ3) is 4.65. The molecule has 1 fully saturated rings. The van der Waals surface area contributed by atoms with E-state index in [2.05, 4.69) is 15.3 Å². The Bertz CT molecular complexity index is 1020. The Morgan fingerprint density at radius 2 is 1.76 bits per heavy atom. The number of amides is 2. The van der Waals surface area contributed by atoms with Crippen molar-refractivity contribution in [1.29, 1.82) is 0 Å². The van der Waals surface area contributed by atoms with E-state index in [1.165, 1.54) is 19.8 Å². The predicted molar refractivity (Wildman–Crippen MR) is 114 cm³/mol. The summed E-state index contributed by atoms with van der Waals surface area (Å²) < 4.78 is 0. The number of aromatic amines is 1. The fourth-order valence-corrected chi connectivity index (χ4v) is 3.84. The molecule has 1 saturated heterocycles. The smallest absolute Gasteiger partial charge is 0.253 e. The van der Waals surface area contributed by atoms with Gasteiger partial charge in [0.2, 0.25) is 5.91 Å². The van der Waals surface area contributed by atoms with Crippen molar-refractivity contribution in [2.24, 2.45) is 0 Å². The van der Waals surface area contributed by atoms with Gasteiger partial charge in [-0.2, -0.15) is 0 Å². The lowest BCUT2D eigenvalue weighted by Crippen LogP contribution is -2.31. The van der Waals surface area contributed by atoms with Crippen molar-refractivity contribution in [3.05, 3.63) is 59.4 Å². The fourth-order valence-electron chi connectivity index (χ4n) is 3.84. The Balaban J connectivity index is 1.49. The van der Waals surface area contributed by atoms with Gasteiger partial charge in [-0.3, -0.25) is 9.59 Å². The van der Waals surface area contributed by atoms with Gasteiger partial charge in [0.05, 0.1) is 11.0 Å². The number of nitrogens with one attached hydrogen (secondary N) is 2. The number of carbonyl (C=O) groups is 2. The van der Waals surface area contributed by atoms with Gasteiger partial charge < -0.3 is 15.2 Å². The highest BCUT2D eigenvalue weighted by molar-refractivity contribution is 5.97. The number of likely N-dealkylation sites (tertiary alicyclic amines) is 1. The molecule has 150 valence electrons. The van der Waals surface area contributed by atoms with Crippen molar-refractivity contribution in [3.63, 3.8) is 0 Å². The zero-order chi connectivity index (χ0) is 20.2. The van der Waals surface area contributed by atoms with Crippen LogP contribution in [-0.2, 0) is 11.2 Å². The third-order valence-electron chi connectivity index (χ3n) is 5.32. The zero-order valence-corrected chi connectivity index (χ0v) is 16.7. The Morgan fingerprint density at radius 1 is 1.03 bits per heavy atom. The molecule has 0 spiro atoms. The third-order valence-corrected chi connectivity index (χ3v) is 5.32. The fraction of sp³-hybridized carbons (Fsp3) is 0.348. The summed E-state index contributed by atoms with van der Waals surface area (Å²) in [5, 5.41) is 2.77. The minimum absolute atomic E-state index is 0.0828. The average molecular weight is 390 g/mol. The monoisotopic (exact) mass is 390 g/mol. The van der Waals surface area contributed by atoms with Crippen LogP contribution in [0.2, 0.25) is 0 Å². The molecule has 2 heterocycles. The minimum atomic E-state index is -0.0828. The van der Waals surface area contributed by atoms with Crippen LogP contribution in [0.1, 0.15) is 54.4 Å². The largest absolute Gasteiger partial charge is 0.342 e. The topological polar surface area (TPSA) is 78.1 Å². The Labute approximate surface area is 170 Å². The lowest BCUT2D eigenvalue weighted by Gasteiger charge is -2.20. The number of rotatable bonds is 4. The Kier molecular flexibility index (Phi) is 5.60. The number of benzene rings is 2. The zero-order valence-electron chi connectivity index (χ0n) is 16.7. The molecule has 3 aromatic rings. The summed E-state index contributed by atoms with van der Waals surface area (Å²) in [7, 11) is 0. The summed E-state index contributed by atoms with van der Waals surface area (Å²) in [5.74, 6) is 0.880. The number of hydrogen-bond acceptors (Lipinski definition) is 3. The van der Waals surface area contributed by atoms with Gasteiger partial charge in [0.15, 0.2) is 0 Å². The van der Waals surface area contributed by atoms with Crippen LogP contribution in [0.15, 0.2) is 42.5 Å². The van der Waals surface area contributed by atoms with Crippen LogP contribution >= 0.6 is 0 Å². The quantitative estimate of drug-likeness (QED) is 0.703. The number of imidazole rings is 1. The highest BCUT2D eigenvalue weighted by Gasteiger charge is 2.18. The molecule has 0 saturated carbocycles. The molecule has 0 bridgehead atoms. The van der Waals surface area contributed by atoms with Crippen LogP contribution in [-0.4, -0.2) is 39.8 Å². The van der Waals surface area contributed by atoms with Gasteiger partial charge in [-0.25, -0.2) is 4.98 Å². The minimum Gasteiger partial charge on any atom is -0.342 e. The molecule has 2 N–H and O–H groups in total. The maximum absolute atomic E-state index is 12.9. The van der Waals surface area contributed by atoms with E-state index >= 15 is 0 Å². The first-order valence-electron chi connectivity index (χ1n) is 10.2. The summed E-state index contributed by atoms with van der Waals surface area (Å²) in [6.07, 6.45) is 5.24. The second-order valence-corrected chi connectivity index (χ2v) is 7.68. The van der Waals surface area contributed by atoms with Gasteiger partial charge in [0.25, 0.3) is 5.91 Å². The molecule has 1 aromatic heterocycles. The van der Waals surface area contributed by atoms with Gasteiger partial charge in [-0.05, 0) is 48.7 Å². The van der Waals surface area contributed by atoms with Crippen LogP contribution in [0.4, 0.5) is 5.69 Å². The lowest BCUT2D eigenvalue weighted by atomic mass is 10.1. The van der Waals surface area contributed by atoms with Gasteiger partial charge in [0.1, 0.15) is 5.82 Å². The Morgan fingerprint density at radius 3 is 2.45 bits per heavy atom. The Hall–Kier alpha value is -3.15. The van der Waals surface area contributed by atoms with Crippen LogP contribution < -0.4 is 5.32 Å². The molecule has 0 atom stereocenters. The number of H-pyrrole nitrogens is 1. The van der Waals surface area contributed by atoms with E-state index in [1.54, 1.807) is 0 Å². The molecular weight excluding hydrogens is 364 g/mol. The molecule has 2 aromatic carbocycles. The molecule has 0 radical (unpaired) electrons. The van der Waals surface area contributed by atoms with E-state index in [9.17, 15) is 9.59 Å². The standard InChI is InChI=1S/C23H26N4O2/c1-16(28)24-19-9-6-17(7-10-19)14-22-25-20-11-8-18(15-21(20)26-22)23(29)27-12-4-2-3-5-13-27/h6-11,15H,2-5,12-14H2,1H3,(H,24,28)(H,25,26). The van der Waals surface area contributed by atoms with Crippen LogP contribution in [0.3, 0.4) is 0 Å². The maximum atomic E-state index is 12.9. The van der Waals surface area contributed by atoms with Crippen LogP contribution in [0.5, 0.6) is 0 Å². The van der Waals surface area contributed by atoms with Crippen molar-refractivity contribution >= 4 is 28.5 Å². The summed E-state index contributed by atoms with van der Waals surface area (Å²) >= 11 is 0. The maximum Gasteiger partial charge on any atom is 0.253 e. The van der Waals surface area contributed by atoms with Crippen molar-refractivity contribution in [2.45, 2.75) is 39.0 Å². The second kappa shape index (κ2) is 8.47. The molecular formula is C23H26N4O2. The first-order valence-corrected chi connectivity index (χ1v) is 10.2. The summed E-state index contributed by atoms with van der Waals surface area (Å²) in [5.41, 5.74) is 4.34. The number of anilines is 1.